The van der Waals surface area contributed by atoms with Crippen molar-refractivity contribution in [3.63, 3.8) is 0 Å². The summed E-state index contributed by atoms with van der Waals surface area (Å²) in [6.07, 6.45) is 1.36. The maximum atomic E-state index is 11.3. The van der Waals surface area contributed by atoms with Crippen LogP contribution in [-0.2, 0) is 0 Å². The molecule has 5 nitrogen and oxygen atoms in total. The predicted molar refractivity (Wildman–Crippen MR) is 79.2 cm³/mol. The third-order valence-electron chi connectivity index (χ3n) is 3.68. The molecule has 1 aromatic rings. The van der Waals surface area contributed by atoms with E-state index in [4.69, 9.17) is 0 Å². The lowest BCUT2D eigenvalue weighted by atomic mass is 10.1. The zero-order valence-electron chi connectivity index (χ0n) is 12.4. The average molecular weight is 277 g/mol. The van der Waals surface area contributed by atoms with Gasteiger partial charge >= 0.3 is 0 Å². The first-order chi connectivity index (χ1) is 9.47. The van der Waals surface area contributed by atoms with Crippen molar-refractivity contribution < 1.29 is 9.90 Å². The molecule has 0 radical (unpaired) electrons. The zero-order valence-corrected chi connectivity index (χ0v) is 12.4. The summed E-state index contributed by atoms with van der Waals surface area (Å²) < 4.78 is 0. The minimum absolute atomic E-state index is 0.0406. The fraction of sp³-hybridized carbons (Fsp3) is 0.600. The van der Waals surface area contributed by atoms with Gasteiger partial charge in [-0.15, -0.1) is 0 Å². The normalized spacial score (nSPS) is 21.8. The molecule has 1 fully saturated rings. The van der Waals surface area contributed by atoms with Crippen LogP contribution < -0.4 is 4.90 Å². The van der Waals surface area contributed by atoms with Crippen molar-refractivity contribution >= 4 is 11.6 Å². The molecular weight excluding hydrogens is 254 g/mol. The summed E-state index contributed by atoms with van der Waals surface area (Å²) >= 11 is 0. The van der Waals surface area contributed by atoms with Crippen LogP contribution in [0.1, 0.15) is 31.1 Å². The second kappa shape index (κ2) is 6.33. The minimum Gasteiger partial charge on any atom is -0.392 e. The smallest absolute Gasteiger partial charge is 0.161 e. The summed E-state index contributed by atoms with van der Waals surface area (Å²) in [6, 6.07) is 4.09. The molecular formula is C15H23N3O2. The third kappa shape index (κ3) is 3.55. The topological polar surface area (TPSA) is 56.7 Å². The number of β-amino-alcohol motifs (C(OH)–C–C–N with tert-alkyl or cyclic N) is 1. The number of rotatable bonds is 4. The second-order valence-corrected chi connectivity index (χ2v) is 5.61. The summed E-state index contributed by atoms with van der Waals surface area (Å²) in [5.41, 5.74) is 0.647. The van der Waals surface area contributed by atoms with Crippen LogP contribution in [0.25, 0.3) is 0 Å². The van der Waals surface area contributed by atoms with Crippen molar-refractivity contribution in [3.05, 3.63) is 23.9 Å². The Balaban J connectivity index is 2.01. The standard InChI is InChI=1S/C15H23N3O2/c1-11-9-17(10-12(2)19)6-7-18(11)15-5-4-14(8-16-15)13(3)20/h4-5,8,11-12,19H,6-7,9-10H2,1-3H3/t11-,12+/m1/s1. The summed E-state index contributed by atoms with van der Waals surface area (Å²) in [6.45, 7) is 8.98. The van der Waals surface area contributed by atoms with Gasteiger partial charge in [0, 0.05) is 44.0 Å². The van der Waals surface area contributed by atoms with E-state index < -0.39 is 0 Å². The molecule has 1 N–H and O–H groups in total. The maximum absolute atomic E-state index is 11.3. The number of aromatic nitrogens is 1. The zero-order chi connectivity index (χ0) is 14.7. The van der Waals surface area contributed by atoms with Gasteiger partial charge in [0.1, 0.15) is 5.82 Å². The minimum atomic E-state index is -0.290. The van der Waals surface area contributed by atoms with Gasteiger partial charge in [0.05, 0.1) is 6.10 Å². The van der Waals surface area contributed by atoms with E-state index in [0.29, 0.717) is 11.6 Å². The highest BCUT2D eigenvalue weighted by atomic mass is 16.3. The number of ketones is 1. The van der Waals surface area contributed by atoms with Gasteiger partial charge in [-0.05, 0) is 32.9 Å². The Morgan fingerprint density at radius 3 is 2.75 bits per heavy atom. The molecule has 0 bridgehead atoms. The van der Waals surface area contributed by atoms with Gasteiger partial charge in [0.15, 0.2) is 5.78 Å². The Bertz CT molecular complexity index is 459. The quantitative estimate of drug-likeness (QED) is 0.837. The van der Waals surface area contributed by atoms with Crippen molar-refractivity contribution in [1.82, 2.24) is 9.88 Å². The molecule has 5 heteroatoms. The van der Waals surface area contributed by atoms with Gasteiger partial charge in [-0.1, -0.05) is 0 Å². The lowest BCUT2D eigenvalue weighted by Crippen LogP contribution is -2.53. The predicted octanol–water partition coefficient (Wildman–Crippen LogP) is 1.18. The Morgan fingerprint density at radius 2 is 2.25 bits per heavy atom. The van der Waals surface area contributed by atoms with Gasteiger partial charge in [-0.3, -0.25) is 9.69 Å². The number of carbonyl (C=O) groups excluding carboxylic acids is 1. The van der Waals surface area contributed by atoms with Crippen molar-refractivity contribution in [2.45, 2.75) is 32.9 Å². The fourth-order valence-electron chi connectivity index (χ4n) is 2.68. The number of aliphatic hydroxyl groups is 1. The molecule has 0 spiro atoms. The third-order valence-corrected chi connectivity index (χ3v) is 3.68. The molecule has 0 aliphatic carbocycles. The highest BCUT2D eigenvalue weighted by Crippen LogP contribution is 2.18. The molecule has 2 rings (SSSR count). The SMILES string of the molecule is CC(=O)c1ccc(N2CCN(C[C@H](C)O)C[C@H]2C)nc1. The van der Waals surface area contributed by atoms with Crippen molar-refractivity contribution in [2.75, 3.05) is 31.1 Å². The highest BCUT2D eigenvalue weighted by molar-refractivity contribution is 5.93. The number of Topliss-reactive ketones (excluding diaryl/α,β-unsaturated/α-hetero) is 1. The summed E-state index contributed by atoms with van der Waals surface area (Å²) in [4.78, 5) is 20.2. The number of piperazine rings is 1. The first-order valence-corrected chi connectivity index (χ1v) is 7.11. The molecule has 20 heavy (non-hydrogen) atoms. The number of hydrogen-bond acceptors (Lipinski definition) is 5. The molecule has 1 saturated heterocycles. The second-order valence-electron chi connectivity index (χ2n) is 5.61. The highest BCUT2D eigenvalue weighted by Gasteiger charge is 2.25. The average Bonchev–Trinajstić information content (AvgIpc) is 2.38. The maximum Gasteiger partial charge on any atom is 0.161 e. The van der Waals surface area contributed by atoms with E-state index in [1.165, 1.54) is 0 Å². The number of anilines is 1. The lowest BCUT2D eigenvalue weighted by molar-refractivity contribution is 0.101. The van der Waals surface area contributed by atoms with Crippen LogP contribution in [-0.4, -0.2) is 59.1 Å². The number of aliphatic hydroxyl groups excluding tert-OH is 1. The lowest BCUT2D eigenvalue weighted by Gasteiger charge is -2.41. The molecule has 1 aliphatic rings. The Kier molecular flexibility index (Phi) is 4.73. The van der Waals surface area contributed by atoms with E-state index in [1.54, 1.807) is 13.1 Å². The number of pyridine rings is 1. The number of nitrogens with zero attached hydrogens (tertiary/aromatic N) is 3. The van der Waals surface area contributed by atoms with Crippen LogP contribution >= 0.6 is 0 Å². The largest absolute Gasteiger partial charge is 0.392 e. The molecule has 2 heterocycles. The van der Waals surface area contributed by atoms with Crippen LogP contribution in [0.2, 0.25) is 0 Å². The number of carbonyl (C=O) groups is 1. The van der Waals surface area contributed by atoms with E-state index in [2.05, 4.69) is 21.7 Å². The van der Waals surface area contributed by atoms with E-state index in [-0.39, 0.29) is 11.9 Å². The monoisotopic (exact) mass is 277 g/mol. The van der Waals surface area contributed by atoms with Crippen molar-refractivity contribution in [2.24, 2.45) is 0 Å². The molecule has 0 aromatic carbocycles. The molecule has 1 aliphatic heterocycles. The fourth-order valence-corrected chi connectivity index (χ4v) is 2.68. The first kappa shape index (κ1) is 14.9. The molecule has 2 atom stereocenters. The van der Waals surface area contributed by atoms with Crippen LogP contribution in [0, 0.1) is 0 Å². The summed E-state index contributed by atoms with van der Waals surface area (Å²) in [5, 5.41) is 9.46. The van der Waals surface area contributed by atoms with Gasteiger partial charge in [0.2, 0.25) is 0 Å². The van der Waals surface area contributed by atoms with E-state index in [9.17, 15) is 9.90 Å². The van der Waals surface area contributed by atoms with Gasteiger partial charge in [0.25, 0.3) is 0 Å². The van der Waals surface area contributed by atoms with E-state index in [0.717, 1.165) is 32.0 Å². The van der Waals surface area contributed by atoms with E-state index in [1.807, 2.05) is 19.1 Å². The van der Waals surface area contributed by atoms with Crippen molar-refractivity contribution in [1.29, 1.82) is 0 Å². The van der Waals surface area contributed by atoms with Gasteiger partial charge in [-0.25, -0.2) is 4.98 Å². The molecule has 0 amide bonds. The molecule has 110 valence electrons. The molecule has 1 aromatic heterocycles. The molecule has 0 saturated carbocycles. The Morgan fingerprint density at radius 1 is 1.50 bits per heavy atom. The Labute approximate surface area is 120 Å². The van der Waals surface area contributed by atoms with Crippen LogP contribution in [0.3, 0.4) is 0 Å². The van der Waals surface area contributed by atoms with Crippen LogP contribution in [0.4, 0.5) is 5.82 Å². The molecule has 0 unspecified atom stereocenters. The summed E-state index contributed by atoms with van der Waals surface area (Å²) in [5.74, 6) is 0.957. The van der Waals surface area contributed by atoms with Crippen molar-refractivity contribution in [3.8, 4) is 0 Å². The summed E-state index contributed by atoms with van der Waals surface area (Å²) in [7, 11) is 0. The number of hydrogen-bond donors (Lipinski definition) is 1. The van der Waals surface area contributed by atoms with Gasteiger partial charge in [-0.2, -0.15) is 0 Å². The van der Waals surface area contributed by atoms with Gasteiger partial charge < -0.3 is 10.0 Å². The van der Waals surface area contributed by atoms with Crippen LogP contribution in [0.15, 0.2) is 18.3 Å². The Hall–Kier alpha value is -1.46. The van der Waals surface area contributed by atoms with E-state index >= 15 is 0 Å². The van der Waals surface area contributed by atoms with Crippen LogP contribution in [0.5, 0.6) is 0 Å². The first-order valence-electron chi connectivity index (χ1n) is 7.11.